The molecule has 2 rings (SSSR count). The van der Waals surface area contributed by atoms with Gasteiger partial charge >= 0.3 is 0 Å². The lowest BCUT2D eigenvalue weighted by Crippen LogP contribution is -2.31. The molecule has 1 aromatic carbocycles. The minimum Gasteiger partial charge on any atom is -0.497 e. The van der Waals surface area contributed by atoms with E-state index in [0.29, 0.717) is 12.0 Å². The Bertz CT molecular complexity index is 608. The molecule has 0 aliphatic heterocycles. The molecule has 0 spiro atoms. The maximum Gasteiger partial charge on any atom is 0.146 e. The van der Waals surface area contributed by atoms with Crippen LogP contribution in [0.15, 0.2) is 18.3 Å². The van der Waals surface area contributed by atoms with E-state index in [2.05, 4.69) is 50.3 Å². The minimum atomic E-state index is 0. The largest absolute Gasteiger partial charge is 0.497 e. The zero-order chi connectivity index (χ0) is 15.6. The van der Waals surface area contributed by atoms with E-state index in [1.165, 1.54) is 5.56 Å². The van der Waals surface area contributed by atoms with Gasteiger partial charge in [-0.1, -0.05) is 27.7 Å². The van der Waals surface area contributed by atoms with Crippen LogP contribution in [0, 0.1) is 5.92 Å². The lowest BCUT2D eigenvalue weighted by Gasteiger charge is -2.24. The molecule has 0 bridgehead atoms. The van der Waals surface area contributed by atoms with E-state index in [4.69, 9.17) is 9.47 Å². The van der Waals surface area contributed by atoms with Gasteiger partial charge in [-0.15, -0.1) is 12.4 Å². The van der Waals surface area contributed by atoms with Gasteiger partial charge in [0, 0.05) is 29.7 Å². The molecule has 0 saturated carbocycles. The molecule has 1 aromatic heterocycles. The van der Waals surface area contributed by atoms with Gasteiger partial charge < -0.3 is 19.8 Å². The molecule has 1 unspecified atom stereocenters. The summed E-state index contributed by atoms with van der Waals surface area (Å²) >= 11 is 0. The van der Waals surface area contributed by atoms with Gasteiger partial charge in [0.1, 0.15) is 11.5 Å². The Morgan fingerprint density at radius 3 is 2.23 bits per heavy atom. The van der Waals surface area contributed by atoms with E-state index in [0.717, 1.165) is 22.4 Å². The summed E-state index contributed by atoms with van der Waals surface area (Å²) in [7, 11) is 3.36. The van der Waals surface area contributed by atoms with Crippen LogP contribution in [0.1, 0.15) is 39.3 Å². The number of hydrogen-bond acceptors (Lipinski definition) is 3. The average molecular weight is 327 g/mol. The topological polar surface area (TPSA) is 46.3 Å². The fraction of sp³-hybridized carbons (Fsp3) is 0.529. The van der Waals surface area contributed by atoms with E-state index in [1.807, 2.05) is 6.07 Å². The van der Waals surface area contributed by atoms with E-state index in [-0.39, 0.29) is 18.4 Å². The summed E-state index contributed by atoms with van der Waals surface area (Å²) in [4.78, 5) is 3.35. The van der Waals surface area contributed by atoms with Crippen LogP contribution in [0.25, 0.3) is 10.9 Å². The first-order chi connectivity index (χ1) is 9.97. The summed E-state index contributed by atoms with van der Waals surface area (Å²) in [6.07, 6.45) is 2.08. The predicted molar refractivity (Wildman–Crippen MR) is 94.5 cm³/mol. The average Bonchev–Trinajstić information content (AvgIpc) is 2.86. The van der Waals surface area contributed by atoms with Crippen LogP contribution in [0.4, 0.5) is 0 Å². The van der Waals surface area contributed by atoms with Crippen molar-refractivity contribution in [2.24, 2.45) is 5.92 Å². The Labute approximate surface area is 139 Å². The molecule has 124 valence electrons. The van der Waals surface area contributed by atoms with Crippen LogP contribution in [0.3, 0.4) is 0 Å². The normalized spacial score (nSPS) is 12.5. The van der Waals surface area contributed by atoms with Crippen molar-refractivity contribution in [1.82, 2.24) is 10.3 Å². The number of methoxy groups -OCH3 is 2. The molecule has 0 amide bonds. The Morgan fingerprint density at radius 2 is 1.73 bits per heavy atom. The fourth-order valence-electron chi connectivity index (χ4n) is 2.73. The molecule has 4 nitrogen and oxygen atoms in total. The number of aromatic nitrogens is 1. The molecular formula is C17H27ClN2O2. The van der Waals surface area contributed by atoms with Gasteiger partial charge in [-0.2, -0.15) is 0 Å². The highest BCUT2D eigenvalue weighted by Crippen LogP contribution is 2.36. The summed E-state index contributed by atoms with van der Waals surface area (Å²) in [5, 5.41) is 4.80. The quantitative estimate of drug-likeness (QED) is 0.831. The van der Waals surface area contributed by atoms with Crippen molar-refractivity contribution in [2.45, 2.75) is 39.8 Å². The number of nitrogens with one attached hydrogen (secondary N) is 2. The molecule has 2 N–H and O–H groups in total. The summed E-state index contributed by atoms with van der Waals surface area (Å²) < 4.78 is 10.9. The van der Waals surface area contributed by atoms with Crippen LogP contribution in [-0.2, 0) is 0 Å². The monoisotopic (exact) mass is 326 g/mol. The molecule has 5 heteroatoms. The number of hydrogen-bond donors (Lipinski definition) is 2. The third-order valence-corrected chi connectivity index (χ3v) is 3.73. The van der Waals surface area contributed by atoms with Crippen molar-refractivity contribution in [2.75, 3.05) is 14.2 Å². The summed E-state index contributed by atoms with van der Waals surface area (Å²) in [5.74, 6) is 2.11. The Kier molecular flexibility index (Phi) is 6.57. The number of benzene rings is 1. The second-order valence-corrected chi connectivity index (χ2v) is 6.04. The van der Waals surface area contributed by atoms with Crippen molar-refractivity contribution in [1.29, 1.82) is 0 Å². The molecule has 0 aliphatic carbocycles. The van der Waals surface area contributed by atoms with Crippen LogP contribution >= 0.6 is 12.4 Å². The molecule has 0 radical (unpaired) electrons. The van der Waals surface area contributed by atoms with Crippen molar-refractivity contribution < 1.29 is 9.47 Å². The number of halogens is 1. The third kappa shape index (κ3) is 3.68. The number of rotatable bonds is 6. The second kappa shape index (κ2) is 7.75. The van der Waals surface area contributed by atoms with E-state index < -0.39 is 0 Å². The second-order valence-electron chi connectivity index (χ2n) is 6.04. The zero-order valence-corrected chi connectivity index (χ0v) is 15.0. The number of fused-ring (bicyclic) bond motifs is 1. The lowest BCUT2D eigenvalue weighted by atomic mass is 9.94. The van der Waals surface area contributed by atoms with Gasteiger partial charge in [0.25, 0.3) is 0 Å². The lowest BCUT2D eigenvalue weighted by molar-refractivity contribution is 0.383. The van der Waals surface area contributed by atoms with E-state index in [1.54, 1.807) is 14.2 Å². The highest BCUT2D eigenvalue weighted by molar-refractivity contribution is 5.90. The fourth-order valence-corrected chi connectivity index (χ4v) is 2.73. The van der Waals surface area contributed by atoms with E-state index >= 15 is 0 Å². The maximum absolute atomic E-state index is 5.47. The maximum atomic E-state index is 5.47. The molecule has 0 fully saturated rings. The van der Waals surface area contributed by atoms with Crippen molar-refractivity contribution in [3.8, 4) is 11.5 Å². The molecule has 0 aliphatic rings. The van der Waals surface area contributed by atoms with E-state index in [9.17, 15) is 0 Å². The predicted octanol–water partition coefficient (Wildman–Crippen LogP) is 4.30. The van der Waals surface area contributed by atoms with Crippen molar-refractivity contribution in [3.05, 3.63) is 23.9 Å². The number of ether oxygens (including phenoxy) is 2. The van der Waals surface area contributed by atoms with Crippen molar-refractivity contribution >= 4 is 23.3 Å². The summed E-state index contributed by atoms with van der Waals surface area (Å²) in [6.45, 7) is 8.81. The van der Waals surface area contributed by atoms with Gasteiger partial charge in [0.15, 0.2) is 0 Å². The smallest absolute Gasteiger partial charge is 0.146 e. The molecule has 1 heterocycles. The first-order valence-corrected chi connectivity index (χ1v) is 7.47. The zero-order valence-electron chi connectivity index (χ0n) is 14.2. The van der Waals surface area contributed by atoms with Gasteiger partial charge in [-0.25, -0.2) is 0 Å². The molecule has 22 heavy (non-hydrogen) atoms. The number of aromatic amines is 1. The Balaban J connectivity index is 0.00000242. The number of H-pyrrole nitrogens is 1. The van der Waals surface area contributed by atoms with Crippen LogP contribution in [0.2, 0.25) is 0 Å². The van der Waals surface area contributed by atoms with Crippen LogP contribution in [0.5, 0.6) is 11.5 Å². The first kappa shape index (κ1) is 18.7. The first-order valence-electron chi connectivity index (χ1n) is 7.47. The van der Waals surface area contributed by atoms with Crippen molar-refractivity contribution in [3.63, 3.8) is 0 Å². The Hall–Kier alpha value is -1.39. The van der Waals surface area contributed by atoms with Crippen LogP contribution < -0.4 is 14.8 Å². The SMILES string of the molecule is COc1cc(OC)c2[nH]cc(C(NC(C)C)C(C)C)c2c1.Cl. The summed E-state index contributed by atoms with van der Waals surface area (Å²) in [5.41, 5.74) is 2.27. The van der Waals surface area contributed by atoms with Gasteiger partial charge in [0.2, 0.25) is 0 Å². The summed E-state index contributed by atoms with van der Waals surface area (Å²) in [6, 6.07) is 4.69. The standard InChI is InChI=1S/C17H26N2O2.ClH/c1-10(2)16(19-11(3)4)14-9-18-17-13(14)7-12(20-5)8-15(17)21-6;/h7-11,16,18-19H,1-6H3;1H. The highest BCUT2D eigenvalue weighted by Gasteiger charge is 2.21. The molecular weight excluding hydrogens is 300 g/mol. The van der Waals surface area contributed by atoms with Gasteiger partial charge in [0.05, 0.1) is 19.7 Å². The van der Waals surface area contributed by atoms with Gasteiger partial charge in [-0.05, 0) is 17.5 Å². The molecule has 2 aromatic rings. The van der Waals surface area contributed by atoms with Gasteiger partial charge in [-0.3, -0.25) is 0 Å². The highest BCUT2D eigenvalue weighted by atomic mass is 35.5. The van der Waals surface area contributed by atoms with Crippen LogP contribution in [-0.4, -0.2) is 25.2 Å². The Morgan fingerprint density at radius 1 is 1.05 bits per heavy atom. The third-order valence-electron chi connectivity index (χ3n) is 3.73. The molecule has 0 saturated heterocycles. The minimum absolute atomic E-state index is 0. The molecule has 1 atom stereocenters.